The third-order valence-corrected chi connectivity index (χ3v) is 6.81. The van der Waals surface area contributed by atoms with Crippen LogP contribution >= 0.6 is 23.5 Å². The van der Waals surface area contributed by atoms with E-state index in [0.29, 0.717) is 26.2 Å². The van der Waals surface area contributed by atoms with E-state index in [4.69, 9.17) is 0 Å². The lowest BCUT2D eigenvalue weighted by molar-refractivity contribution is -0.128. The second kappa shape index (κ2) is 14.3. The van der Waals surface area contributed by atoms with Gasteiger partial charge in [0.2, 0.25) is 11.8 Å². The molecule has 1 aliphatic rings. The summed E-state index contributed by atoms with van der Waals surface area (Å²) < 4.78 is 0. The third-order valence-electron chi connectivity index (χ3n) is 5.36. The van der Waals surface area contributed by atoms with Gasteiger partial charge in [-0.25, -0.2) is 9.97 Å². The van der Waals surface area contributed by atoms with Gasteiger partial charge in [0.25, 0.3) is 0 Å². The average Bonchev–Trinajstić information content (AvgIpc) is 3.16. The van der Waals surface area contributed by atoms with E-state index in [1.807, 2.05) is 61.1 Å². The summed E-state index contributed by atoms with van der Waals surface area (Å²) >= 11 is 3.18. The van der Waals surface area contributed by atoms with Crippen LogP contribution in [0.5, 0.6) is 0 Å². The number of pyridine rings is 2. The Bertz CT molecular complexity index is 1040. The molecule has 0 radical (unpaired) electrons. The molecule has 0 aromatic carbocycles. The highest BCUT2D eigenvalue weighted by atomic mass is 32.2. The van der Waals surface area contributed by atoms with Crippen molar-refractivity contribution in [1.82, 2.24) is 19.8 Å². The molecule has 3 heterocycles. The highest BCUT2D eigenvalue weighted by molar-refractivity contribution is 7.98. The SMILES string of the molecule is CSc1ncccc1C=CC=CC(=O)N1CCCN(C(=O)C=CC=Cc2cccnc2SC)CC1. The smallest absolute Gasteiger partial charge is 0.246 e. The summed E-state index contributed by atoms with van der Waals surface area (Å²) in [6.07, 6.45) is 22.5. The van der Waals surface area contributed by atoms with Gasteiger partial charge in [-0.1, -0.05) is 48.6 Å². The molecule has 6 nitrogen and oxygen atoms in total. The maximum atomic E-state index is 12.6. The van der Waals surface area contributed by atoms with Gasteiger partial charge >= 0.3 is 0 Å². The number of carbonyl (C=O) groups excluding carboxylic acids is 2. The van der Waals surface area contributed by atoms with Crippen molar-refractivity contribution in [2.75, 3.05) is 38.7 Å². The Morgan fingerprint density at radius 2 is 1.20 bits per heavy atom. The van der Waals surface area contributed by atoms with Gasteiger partial charge in [-0.2, -0.15) is 0 Å². The van der Waals surface area contributed by atoms with Crippen molar-refractivity contribution >= 4 is 47.5 Å². The van der Waals surface area contributed by atoms with Gasteiger partial charge in [-0.15, -0.1) is 23.5 Å². The van der Waals surface area contributed by atoms with E-state index in [-0.39, 0.29) is 11.8 Å². The standard InChI is InChI=1S/C27H30N4O2S2/c1-34-26-22(12-7-16-28-26)10-3-5-14-24(32)30-18-9-19-31(21-20-30)25(33)15-6-4-11-23-13-8-17-29-27(23)35-2/h3-8,10-17H,9,18-21H2,1-2H3. The number of amides is 2. The highest BCUT2D eigenvalue weighted by Gasteiger charge is 2.19. The molecule has 35 heavy (non-hydrogen) atoms. The summed E-state index contributed by atoms with van der Waals surface area (Å²) in [6.45, 7) is 2.32. The zero-order valence-electron chi connectivity index (χ0n) is 20.0. The molecular weight excluding hydrogens is 476 g/mol. The van der Waals surface area contributed by atoms with Gasteiger partial charge in [-0.05, 0) is 31.1 Å². The zero-order valence-corrected chi connectivity index (χ0v) is 21.7. The lowest BCUT2D eigenvalue weighted by atomic mass is 10.2. The van der Waals surface area contributed by atoms with Gasteiger partial charge in [-0.3, -0.25) is 9.59 Å². The lowest BCUT2D eigenvalue weighted by Gasteiger charge is -2.20. The van der Waals surface area contributed by atoms with E-state index in [2.05, 4.69) is 9.97 Å². The van der Waals surface area contributed by atoms with Crippen LogP contribution in [0, 0.1) is 0 Å². The van der Waals surface area contributed by atoms with E-state index >= 15 is 0 Å². The maximum Gasteiger partial charge on any atom is 0.246 e. The fraction of sp³-hybridized carbons (Fsp3) is 0.259. The molecular formula is C27H30N4O2S2. The van der Waals surface area contributed by atoms with Gasteiger partial charge < -0.3 is 9.80 Å². The Balaban J connectivity index is 1.49. The minimum absolute atomic E-state index is 0.0419. The lowest BCUT2D eigenvalue weighted by Crippen LogP contribution is -2.36. The summed E-state index contributed by atoms with van der Waals surface area (Å²) in [6, 6.07) is 7.78. The molecule has 0 atom stereocenters. The third kappa shape index (κ3) is 8.26. The quantitative estimate of drug-likeness (QED) is 0.291. The topological polar surface area (TPSA) is 66.4 Å². The van der Waals surface area contributed by atoms with Crippen molar-refractivity contribution in [3.63, 3.8) is 0 Å². The first kappa shape index (κ1) is 26.5. The van der Waals surface area contributed by atoms with E-state index < -0.39 is 0 Å². The average molecular weight is 507 g/mol. The summed E-state index contributed by atoms with van der Waals surface area (Å²) in [4.78, 5) is 37.5. The predicted molar refractivity (Wildman–Crippen MR) is 146 cm³/mol. The minimum Gasteiger partial charge on any atom is -0.337 e. The Morgan fingerprint density at radius 3 is 1.63 bits per heavy atom. The molecule has 0 spiro atoms. The Morgan fingerprint density at radius 1 is 0.743 bits per heavy atom. The molecule has 1 aliphatic heterocycles. The molecule has 0 unspecified atom stereocenters. The van der Waals surface area contributed by atoms with Crippen molar-refractivity contribution in [2.45, 2.75) is 16.5 Å². The van der Waals surface area contributed by atoms with Crippen LogP contribution in [0.15, 0.2) is 83.2 Å². The number of carbonyl (C=O) groups is 2. The minimum atomic E-state index is -0.0419. The number of thioether (sulfide) groups is 2. The van der Waals surface area contributed by atoms with E-state index in [9.17, 15) is 9.59 Å². The number of nitrogens with zero attached hydrogens (tertiary/aromatic N) is 4. The van der Waals surface area contributed by atoms with Crippen molar-refractivity contribution in [3.05, 3.63) is 84.2 Å². The number of hydrogen-bond acceptors (Lipinski definition) is 6. The summed E-state index contributed by atoms with van der Waals surface area (Å²) in [5.74, 6) is -0.0838. The molecule has 3 rings (SSSR count). The number of allylic oxidation sites excluding steroid dienone is 4. The van der Waals surface area contributed by atoms with Crippen molar-refractivity contribution < 1.29 is 9.59 Å². The Labute approximate surface area is 215 Å². The van der Waals surface area contributed by atoms with Crippen LogP contribution in [0.3, 0.4) is 0 Å². The number of hydrogen-bond donors (Lipinski definition) is 0. The molecule has 2 aromatic heterocycles. The number of aromatic nitrogens is 2. The van der Waals surface area contributed by atoms with Crippen LogP contribution in [0.2, 0.25) is 0 Å². The Kier molecular flexibility index (Phi) is 10.9. The van der Waals surface area contributed by atoms with Crippen LogP contribution in [-0.2, 0) is 9.59 Å². The first-order valence-corrected chi connectivity index (χ1v) is 13.8. The van der Waals surface area contributed by atoms with Gasteiger partial charge in [0.15, 0.2) is 0 Å². The first-order valence-electron chi connectivity index (χ1n) is 11.4. The van der Waals surface area contributed by atoms with E-state index in [0.717, 1.165) is 27.6 Å². The van der Waals surface area contributed by atoms with Crippen LogP contribution in [0.4, 0.5) is 0 Å². The molecule has 182 valence electrons. The monoisotopic (exact) mass is 506 g/mol. The van der Waals surface area contributed by atoms with E-state index in [1.165, 1.54) is 0 Å². The first-order chi connectivity index (χ1) is 17.1. The molecule has 1 fully saturated rings. The largest absolute Gasteiger partial charge is 0.337 e. The number of rotatable bonds is 8. The molecule has 0 aliphatic carbocycles. The van der Waals surface area contributed by atoms with Gasteiger partial charge in [0.1, 0.15) is 10.1 Å². The highest BCUT2D eigenvalue weighted by Crippen LogP contribution is 2.19. The molecule has 0 saturated carbocycles. The van der Waals surface area contributed by atoms with Crippen LogP contribution in [0.25, 0.3) is 12.2 Å². The second-order valence-electron chi connectivity index (χ2n) is 7.64. The summed E-state index contributed by atoms with van der Waals surface area (Å²) in [5, 5.41) is 1.90. The maximum absolute atomic E-state index is 12.6. The molecule has 1 saturated heterocycles. The van der Waals surface area contributed by atoms with Gasteiger partial charge in [0.05, 0.1) is 0 Å². The summed E-state index contributed by atoms with van der Waals surface area (Å²) in [7, 11) is 0. The van der Waals surface area contributed by atoms with Crippen molar-refractivity contribution in [1.29, 1.82) is 0 Å². The predicted octanol–water partition coefficient (Wildman–Crippen LogP) is 4.82. The molecule has 2 aromatic rings. The van der Waals surface area contributed by atoms with Crippen molar-refractivity contribution in [3.8, 4) is 0 Å². The van der Waals surface area contributed by atoms with Crippen LogP contribution in [0.1, 0.15) is 17.5 Å². The normalized spacial score (nSPS) is 15.0. The molecule has 0 bridgehead atoms. The Hall–Kier alpha value is -3.10. The van der Waals surface area contributed by atoms with Gasteiger partial charge in [0, 0.05) is 61.9 Å². The zero-order chi connectivity index (χ0) is 24.9. The van der Waals surface area contributed by atoms with Crippen LogP contribution < -0.4 is 0 Å². The summed E-state index contributed by atoms with van der Waals surface area (Å²) in [5.41, 5.74) is 2.04. The fourth-order valence-electron chi connectivity index (χ4n) is 3.56. The molecule has 0 N–H and O–H groups in total. The van der Waals surface area contributed by atoms with E-state index in [1.54, 1.807) is 70.0 Å². The fourth-order valence-corrected chi connectivity index (χ4v) is 4.64. The molecule has 2 amide bonds. The second-order valence-corrected chi connectivity index (χ2v) is 9.23. The van der Waals surface area contributed by atoms with Crippen molar-refractivity contribution in [2.24, 2.45) is 0 Å². The van der Waals surface area contributed by atoms with Crippen LogP contribution in [-0.4, -0.2) is 70.3 Å². The molecule has 8 heteroatoms.